The second-order valence-corrected chi connectivity index (χ2v) is 10.3. The Morgan fingerprint density at radius 1 is 1.03 bits per heavy atom. The SMILES string of the molecule is CC1Oc2ccccc2OC1C(=O)Nc1cc(S(=O)(=O)N2CCCCC2)ccc1N(C)C. The van der Waals surface area contributed by atoms with Gasteiger partial charge in [0.2, 0.25) is 16.1 Å². The summed E-state index contributed by atoms with van der Waals surface area (Å²) in [7, 11) is 0.0416. The van der Waals surface area contributed by atoms with E-state index in [-0.39, 0.29) is 4.90 Å². The molecule has 0 bridgehead atoms. The first-order valence-corrected chi connectivity index (χ1v) is 12.3. The zero-order valence-electron chi connectivity index (χ0n) is 18.6. The average molecular weight is 460 g/mol. The number of sulfonamides is 1. The number of hydrogen-bond acceptors (Lipinski definition) is 6. The molecule has 2 aliphatic rings. The molecule has 2 unspecified atom stereocenters. The Labute approximate surface area is 189 Å². The molecule has 32 heavy (non-hydrogen) atoms. The summed E-state index contributed by atoms with van der Waals surface area (Å²) in [5, 5.41) is 2.87. The number of carbonyl (C=O) groups is 1. The van der Waals surface area contributed by atoms with Crippen molar-refractivity contribution < 1.29 is 22.7 Å². The Balaban J connectivity index is 1.61. The van der Waals surface area contributed by atoms with Crippen molar-refractivity contribution in [1.29, 1.82) is 0 Å². The largest absolute Gasteiger partial charge is 0.482 e. The van der Waals surface area contributed by atoms with Gasteiger partial charge in [-0.05, 0) is 50.1 Å². The molecule has 1 fully saturated rings. The molecule has 0 aromatic heterocycles. The third-order valence-electron chi connectivity index (χ3n) is 5.76. The lowest BCUT2D eigenvalue weighted by Gasteiger charge is -2.31. The van der Waals surface area contributed by atoms with E-state index < -0.39 is 28.1 Å². The smallest absolute Gasteiger partial charge is 0.269 e. The number of amides is 1. The van der Waals surface area contributed by atoms with Crippen LogP contribution in [-0.4, -0.2) is 58.0 Å². The molecule has 2 aromatic carbocycles. The van der Waals surface area contributed by atoms with Crippen LogP contribution >= 0.6 is 0 Å². The first-order chi connectivity index (χ1) is 15.3. The Morgan fingerprint density at radius 3 is 2.34 bits per heavy atom. The second kappa shape index (κ2) is 8.99. The minimum absolute atomic E-state index is 0.166. The highest BCUT2D eigenvalue weighted by Gasteiger charge is 2.35. The number of hydrogen-bond donors (Lipinski definition) is 1. The van der Waals surface area contributed by atoms with Crippen LogP contribution < -0.4 is 19.7 Å². The molecule has 1 N–H and O–H groups in total. The topological polar surface area (TPSA) is 88.2 Å². The van der Waals surface area contributed by atoms with Crippen molar-refractivity contribution in [2.45, 2.75) is 43.3 Å². The maximum absolute atomic E-state index is 13.2. The summed E-state index contributed by atoms with van der Waals surface area (Å²) >= 11 is 0. The molecule has 2 aromatic rings. The molecule has 1 amide bonds. The summed E-state index contributed by atoms with van der Waals surface area (Å²) in [6.45, 7) is 2.80. The van der Waals surface area contributed by atoms with E-state index in [1.165, 1.54) is 10.4 Å². The van der Waals surface area contributed by atoms with Gasteiger partial charge in [-0.3, -0.25) is 4.79 Å². The normalized spacial score (nSPS) is 21.1. The van der Waals surface area contributed by atoms with Gasteiger partial charge in [0, 0.05) is 27.2 Å². The Morgan fingerprint density at radius 2 is 1.69 bits per heavy atom. The number of ether oxygens (including phenoxy) is 2. The molecule has 0 radical (unpaired) electrons. The first kappa shape index (κ1) is 22.4. The van der Waals surface area contributed by atoms with Gasteiger partial charge < -0.3 is 19.7 Å². The van der Waals surface area contributed by atoms with Crippen LogP contribution in [-0.2, 0) is 14.8 Å². The molecule has 4 rings (SSSR count). The van der Waals surface area contributed by atoms with Crippen LogP contribution in [0.5, 0.6) is 11.5 Å². The molecule has 0 saturated carbocycles. The third kappa shape index (κ3) is 4.40. The van der Waals surface area contributed by atoms with Gasteiger partial charge in [-0.15, -0.1) is 0 Å². The van der Waals surface area contributed by atoms with Gasteiger partial charge in [0.05, 0.1) is 16.3 Å². The van der Waals surface area contributed by atoms with Crippen molar-refractivity contribution >= 4 is 27.3 Å². The van der Waals surface area contributed by atoms with Crippen LogP contribution in [0.15, 0.2) is 47.4 Å². The summed E-state index contributed by atoms with van der Waals surface area (Å²) in [5.41, 5.74) is 1.11. The van der Waals surface area contributed by atoms with Gasteiger partial charge in [-0.2, -0.15) is 4.31 Å². The molecule has 1 saturated heterocycles. The summed E-state index contributed by atoms with van der Waals surface area (Å²) in [6.07, 6.45) is 1.38. The summed E-state index contributed by atoms with van der Waals surface area (Å²) in [5.74, 6) is 0.690. The number of para-hydroxylation sites is 2. The highest BCUT2D eigenvalue weighted by molar-refractivity contribution is 7.89. The molecule has 8 nitrogen and oxygen atoms in total. The predicted octanol–water partition coefficient (Wildman–Crippen LogP) is 3.09. The lowest BCUT2D eigenvalue weighted by molar-refractivity contribution is -0.128. The minimum Gasteiger partial charge on any atom is -0.482 e. The zero-order chi connectivity index (χ0) is 22.9. The van der Waals surface area contributed by atoms with E-state index >= 15 is 0 Å². The lowest BCUT2D eigenvalue weighted by Crippen LogP contribution is -2.46. The standard InChI is InChI=1S/C23H29N3O5S/c1-16-22(31-21-10-6-5-9-20(21)30-16)23(27)24-18-15-17(11-12-19(18)25(2)3)32(28,29)26-13-7-4-8-14-26/h5-6,9-12,15-16,22H,4,7-8,13-14H2,1-3H3,(H,24,27). The predicted molar refractivity (Wildman–Crippen MR) is 123 cm³/mol. The number of rotatable bonds is 5. The molecule has 0 spiro atoms. The van der Waals surface area contributed by atoms with Gasteiger partial charge >= 0.3 is 0 Å². The van der Waals surface area contributed by atoms with E-state index in [4.69, 9.17) is 9.47 Å². The summed E-state index contributed by atoms with van der Waals surface area (Å²) in [4.78, 5) is 15.1. The average Bonchev–Trinajstić information content (AvgIpc) is 2.79. The fraction of sp³-hybridized carbons (Fsp3) is 0.435. The highest BCUT2D eigenvalue weighted by Crippen LogP contribution is 2.35. The fourth-order valence-corrected chi connectivity index (χ4v) is 5.57. The lowest BCUT2D eigenvalue weighted by atomic mass is 10.1. The number of carbonyl (C=O) groups excluding carboxylic acids is 1. The van der Waals surface area contributed by atoms with Crippen molar-refractivity contribution in [2.24, 2.45) is 0 Å². The molecule has 2 aliphatic heterocycles. The van der Waals surface area contributed by atoms with Crippen LogP contribution in [0.25, 0.3) is 0 Å². The van der Waals surface area contributed by atoms with E-state index in [0.29, 0.717) is 36.0 Å². The zero-order valence-corrected chi connectivity index (χ0v) is 19.4. The number of benzene rings is 2. The van der Waals surface area contributed by atoms with Gasteiger partial charge in [-0.25, -0.2) is 8.42 Å². The number of nitrogens with one attached hydrogen (secondary N) is 1. The summed E-state index contributed by atoms with van der Waals surface area (Å²) in [6, 6.07) is 12.0. The van der Waals surface area contributed by atoms with Gasteiger partial charge in [0.25, 0.3) is 5.91 Å². The summed E-state index contributed by atoms with van der Waals surface area (Å²) < 4.78 is 39.6. The van der Waals surface area contributed by atoms with Crippen LogP contribution in [0.4, 0.5) is 11.4 Å². The van der Waals surface area contributed by atoms with E-state index in [2.05, 4.69) is 5.32 Å². The third-order valence-corrected chi connectivity index (χ3v) is 7.66. The van der Waals surface area contributed by atoms with Crippen LogP contribution in [0.3, 0.4) is 0 Å². The Hall–Kier alpha value is -2.78. The number of piperidine rings is 1. The van der Waals surface area contributed by atoms with Crippen molar-refractivity contribution in [3.63, 3.8) is 0 Å². The quantitative estimate of drug-likeness (QED) is 0.739. The Kier molecular flexibility index (Phi) is 6.30. The van der Waals surface area contributed by atoms with Crippen LogP contribution in [0.2, 0.25) is 0 Å². The molecule has 9 heteroatoms. The number of anilines is 2. The molecule has 2 heterocycles. The van der Waals surface area contributed by atoms with Crippen molar-refractivity contribution in [1.82, 2.24) is 4.31 Å². The van der Waals surface area contributed by atoms with Crippen molar-refractivity contribution in [3.8, 4) is 11.5 Å². The highest BCUT2D eigenvalue weighted by atomic mass is 32.2. The van der Waals surface area contributed by atoms with Gasteiger partial charge in [-0.1, -0.05) is 18.6 Å². The maximum atomic E-state index is 13.2. The molecular weight excluding hydrogens is 430 g/mol. The van der Waals surface area contributed by atoms with Crippen LogP contribution in [0, 0.1) is 0 Å². The van der Waals surface area contributed by atoms with E-state index in [0.717, 1.165) is 19.3 Å². The molecule has 172 valence electrons. The monoisotopic (exact) mass is 459 g/mol. The minimum atomic E-state index is -3.63. The Bertz CT molecular complexity index is 1100. The van der Waals surface area contributed by atoms with Crippen molar-refractivity contribution in [2.75, 3.05) is 37.4 Å². The second-order valence-electron chi connectivity index (χ2n) is 8.34. The maximum Gasteiger partial charge on any atom is 0.269 e. The van der Waals surface area contributed by atoms with Gasteiger partial charge in [0.15, 0.2) is 11.5 Å². The fourth-order valence-electron chi connectivity index (χ4n) is 4.03. The van der Waals surface area contributed by atoms with Crippen molar-refractivity contribution in [3.05, 3.63) is 42.5 Å². The van der Waals surface area contributed by atoms with E-state index in [1.807, 2.05) is 31.1 Å². The molecule has 0 aliphatic carbocycles. The van der Waals surface area contributed by atoms with Gasteiger partial charge in [0.1, 0.15) is 6.10 Å². The van der Waals surface area contributed by atoms with E-state index in [9.17, 15) is 13.2 Å². The number of nitrogens with zero attached hydrogens (tertiary/aromatic N) is 2. The molecular formula is C23H29N3O5S. The van der Waals surface area contributed by atoms with E-state index in [1.54, 1.807) is 31.2 Å². The van der Waals surface area contributed by atoms with Crippen LogP contribution in [0.1, 0.15) is 26.2 Å². The number of fused-ring (bicyclic) bond motifs is 1. The molecule has 2 atom stereocenters. The first-order valence-electron chi connectivity index (χ1n) is 10.8.